The topological polar surface area (TPSA) is 47.4 Å². The van der Waals surface area contributed by atoms with Crippen molar-refractivity contribution in [1.29, 1.82) is 0 Å². The molecule has 0 aliphatic carbocycles. The molecule has 4 rings (SSSR count). The van der Waals surface area contributed by atoms with Crippen LogP contribution in [0.3, 0.4) is 0 Å². The molecule has 0 bridgehead atoms. The van der Waals surface area contributed by atoms with Gasteiger partial charge in [0.05, 0.1) is 24.8 Å². The Kier molecular flexibility index (Phi) is 6.12. The molecule has 1 aromatic heterocycles. The van der Waals surface area contributed by atoms with E-state index in [9.17, 15) is 9.18 Å². The highest BCUT2D eigenvalue weighted by Crippen LogP contribution is 2.32. The van der Waals surface area contributed by atoms with E-state index < -0.39 is 0 Å². The summed E-state index contributed by atoms with van der Waals surface area (Å²) in [5, 5.41) is 0. The van der Waals surface area contributed by atoms with Crippen LogP contribution in [0.25, 0.3) is 11.8 Å². The third-order valence-electron chi connectivity index (χ3n) is 6.05. The summed E-state index contributed by atoms with van der Waals surface area (Å²) in [5.41, 5.74) is 4.43. The molecule has 2 heterocycles. The molecule has 166 valence electrons. The van der Waals surface area contributed by atoms with Crippen LogP contribution in [0.2, 0.25) is 0 Å². The number of benzene rings is 2. The van der Waals surface area contributed by atoms with Crippen LogP contribution in [-0.2, 0) is 11.3 Å². The van der Waals surface area contributed by atoms with Gasteiger partial charge in [-0.15, -0.1) is 0 Å². The molecule has 1 aliphatic heterocycles. The Bertz CT molecular complexity index is 1150. The number of ether oxygens (including phenoxy) is 1. The van der Waals surface area contributed by atoms with Crippen LogP contribution < -0.4 is 4.74 Å². The Morgan fingerprint density at radius 1 is 1.19 bits per heavy atom. The average molecular weight is 434 g/mol. The van der Waals surface area contributed by atoms with E-state index in [2.05, 4.69) is 18.8 Å². The van der Waals surface area contributed by atoms with Gasteiger partial charge in [-0.3, -0.25) is 4.79 Å². The first-order chi connectivity index (χ1) is 15.4. The summed E-state index contributed by atoms with van der Waals surface area (Å²) in [5.74, 6) is 0.603. The molecule has 2 aromatic carbocycles. The monoisotopic (exact) mass is 433 g/mol. The number of rotatable bonds is 5. The summed E-state index contributed by atoms with van der Waals surface area (Å²) < 4.78 is 20.8. The molecule has 2 atom stereocenters. The van der Waals surface area contributed by atoms with Crippen molar-refractivity contribution >= 4 is 12.0 Å². The number of halogens is 1. The zero-order valence-corrected chi connectivity index (χ0v) is 18.9. The fourth-order valence-electron chi connectivity index (χ4n) is 4.29. The highest BCUT2D eigenvalue weighted by Gasteiger charge is 2.33. The van der Waals surface area contributed by atoms with E-state index in [1.54, 1.807) is 25.6 Å². The molecule has 2 unspecified atom stereocenters. The second-order valence-electron chi connectivity index (χ2n) is 8.50. The van der Waals surface area contributed by atoms with E-state index in [0.717, 1.165) is 34.5 Å². The van der Waals surface area contributed by atoms with Crippen LogP contribution >= 0.6 is 0 Å². The highest BCUT2D eigenvalue weighted by atomic mass is 19.1. The molecular weight excluding hydrogens is 405 g/mol. The lowest BCUT2D eigenvalue weighted by Crippen LogP contribution is -2.45. The molecule has 5 nitrogen and oxygen atoms in total. The first-order valence-electron chi connectivity index (χ1n) is 10.8. The number of piperidine rings is 1. The molecule has 0 saturated carbocycles. The zero-order chi connectivity index (χ0) is 22.8. The lowest BCUT2D eigenvalue weighted by atomic mass is 9.86. The molecule has 1 fully saturated rings. The average Bonchev–Trinajstić information content (AvgIpc) is 3.21. The Balaban J connectivity index is 1.63. The number of methoxy groups -OCH3 is 1. The quantitative estimate of drug-likeness (QED) is 0.522. The van der Waals surface area contributed by atoms with Gasteiger partial charge in [-0.2, -0.15) is 0 Å². The van der Waals surface area contributed by atoms with Crippen molar-refractivity contribution in [3.05, 3.63) is 83.2 Å². The first kappa shape index (κ1) is 21.8. The molecule has 0 N–H and O–H groups in total. The van der Waals surface area contributed by atoms with Crippen molar-refractivity contribution in [2.24, 2.45) is 5.92 Å². The number of aromatic nitrogens is 2. The van der Waals surface area contributed by atoms with Crippen LogP contribution in [0.15, 0.2) is 60.6 Å². The van der Waals surface area contributed by atoms with E-state index in [4.69, 9.17) is 4.74 Å². The largest absolute Gasteiger partial charge is 0.495 e. The van der Waals surface area contributed by atoms with Gasteiger partial charge in [0, 0.05) is 24.4 Å². The van der Waals surface area contributed by atoms with Crippen molar-refractivity contribution in [1.82, 2.24) is 14.5 Å². The van der Waals surface area contributed by atoms with Gasteiger partial charge in [0.2, 0.25) is 0 Å². The highest BCUT2D eigenvalue weighted by molar-refractivity contribution is 5.99. The first-order valence-corrected chi connectivity index (χ1v) is 10.8. The minimum absolute atomic E-state index is 0.0221. The van der Waals surface area contributed by atoms with Gasteiger partial charge in [-0.05, 0) is 67.7 Å². The van der Waals surface area contributed by atoms with Crippen molar-refractivity contribution < 1.29 is 13.9 Å². The molecule has 1 saturated heterocycles. The van der Waals surface area contributed by atoms with E-state index in [1.807, 2.05) is 46.9 Å². The smallest absolute Gasteiger partial charge is 0.250 e. The van der Waals surface area contributed by atoms with Crippen molar-refractivity contribution in [3.8, 4) is 11.4 Å². The summed E-state index contributed by atoms with van der Waals surface area (Å²) in [6.45, 7) is 6.57. The number of imidazole rings is 1. The standard InChI is InChI=1S/C26H28FN3O2/c1-17-11-19(3)30(15-20-5-8-22(27)9-6-20)26(31)23(17)12-21-7-10-24(25(13-21)32-4)29-14-18(2)28-16-29/h5-10,12-14,16-17,19H,11,15H2,1-4H3. The third-order valence-corrected chi connectivity index (χ3v) is 6.05. The number of likely N-dealkylation sites (tertiary alicyclic amines) is 1. The van der Waals surface area contributed by atoms with Crippen LogP contribution in [-0.4, -0.2) is 33.5 Å². The van der Waals surface area contributed by atoms with Gasteiger partial charge in [-0.1, -0.05) is 25.1 Å². The molecule has 3 aromatic rings. The Hall–Kier alpha value is -3.41. The zero-order valence-electron chi connectivity index (χ0n) is 18.9. The third kappa shape index (κ3) is 4.44. The number of carbonyl (C=O) groups is 1. The van der Waals surface area contributed by atoms with Crippen LogP contribution in [0.4, 0.5) is 4.39 Å². The summed E-state index contributed by atoms with van der Waals surface area (Å²) in [4.78, 5) is 19.6. The van der Waals surface area contributed by atoms with Crippen molar-refractivity contribution in [3.63, 3.8) is 0 Å². The van der Waals surface area contributed by atoms with Crippen molar-refractivity contribution in [2.45, 2.75) is 39.8 Å². The fourth-order valence-corrected chi connectivity index (χ4v) is 4.29. The summed E-state index contributed by atoms with van der Waals surface area (Å²) in [6, 6.07) is 12.4. The Labute approximate surface area is 188 Å². The van der Waals surface area contributed by atoms with Crippen molar-refractivity contribution in [2.75, 3.05) is 7.11 Å². The molecule has 1 aliphatic rings. The van der Waals surface area contributed by atoms with Gasteiger partial charge in [0.1, 0.15) is 11.6 Å². The molecule has 32 heavy (non-hydrogen) atoms. The number of nitrogens with zero attached hydrogens (tertiary/aromatic N) is 3. The maximum absolute atomic E-state index is 13.4. The lowest BCUT2D eigenvalue weighted by molar-refractivity contribution is -0.132. The molecule has 0 spiro atoms. The maximum Gasteiger partial charge on any atom is 0.250 e. The van der Waals surface area contributed by atoms with Crippen LogP contribution in [0, 0.1) is 18.7 Å². The SMILES string of the molecule is COc1cc(C=C2C(=O)N(Cc3ccc(F)cc3)C(C)CC2C)ccc1-n1cnc(C)c1. The van der Waals surface area contributed by atoms with E-state index in [-0.39, 0.29) is 23.7 Å². The van der Waals surface area contributed by atoms with E-state index >= 15 is 0 Å². The molecule has 1 amide bonds. The van der Waals surface area contributed by atoms with E-state index in [0.29, 0.717) is 12.3 Å². The van der Waals surface area contributed by atoms with Gasteiger partial charge >= 0.3 is 0 Å². The number of hydrogen-bond acceptors (Lipinski definition) is 3. The predicted molar refractivity (Wildman–Crippen MR) is 123 cm³/mol. The summed E-state index contributed by atoms with van der Waals surface area (Å²) in [7, 11) is 1.64. The van der Waals surface area contributed by atoms with Crippen LogP contribution in [0.5, 0.6) is 5.75 Å². The second-order valence-corrected chi connectivity index (χ2v) is 8.50. The fraction of sp³-hybridized carbons (Fsp3) is 0.308. The molecular formula is C26H28FN3O2. The minimum atomic E-state index is -0.274. The molecule has 6 heteroatoms. The Morgan fingerprint density at radius 3 is 2.59 bits per heavy atom. The number of aryl methyl sites for hydroxylation is 1. The number of carbonyl (C=O) groups excluding carboxylic acids is 1. The van der Waals surface area contributed by atoms with Gasteiger partial charge in [0.25, 0.3) is 5.91 Å². The maximum atomic E-state index is 13.4. The minimum Gasteiger partial charge on any atom is -0.495 e. The van der Waals surface area contributed by atoms with E-state index in [1.165, 1.54) is 12.1 Å². The summed E-state index contributed by atoms with van der Waals surface area (Å²) >= 11 is 0. The summed E-state index contributed by atoms with van der Waals surface area (Å²) in [6.07, 6.45) is 6.54. The number of hydrogen-bond donors (Lipinski definition) is 0. The van der Waals surface area contributed by atoms with Gasteiger partial charge in [0.15, 0.2) is 0 Å². The normalized spacial score (nSPS) is 20.1. The number of amides is 1. The van der Waals surface area contributed by atoms with Crippen LogP contribution in [0.1, 0.15) is 37.1 Å². The predicted octanol–water partition coefficient (Wildman–Crippen LogP) is 5.17. The van der Waals surface area contributed by atoms with Gasteiger partial charge < -0.3 is 14.2 Å². The Morgan fingerprint density at radius 2 is 1.94 bits per heavy atom. The lowest BCUT2D eigenvalue weighted by Gasteiger charge is -2.38. The second kappa shape index (κ2) is 8.99. The molecule has 0 radical (unpaired) electrons. The van der Waals surface area contributed by atoms with Gasteiger partial charge in [-0.25, -0.2) is 9.37 Å².